The van der Waals surface area contributed by atoms with Crippen LogP contribution >= 0.6 is 0 Å². The van der Waals surface area contributed by atoms with Gasteiger partial charge in [-0.3, -0.25) is 0 Å². The van der Waals surface area contributed by atoms with E-state index in [1.165, 1.54) is 4.90 Å². The second kappa shape index (κ2) is 4.27. The van der Waals surface area contributed by atoms with Gasteiger partial charge in [-0.1, -0.05) is 0 Å². The van der Waals surface area contributed by atoms with E-state index in [1.54, 1.807) is 0 Å². The molecule has 1 saturated heterocycles. The molecule has 1 atom stereocenters. The predicted octanol–water partition coefficient (Wildman–Crippen LogP) is -0.395. The SMILES string of the molecule is O=C(O)N1CCOCC(CO)C1. The van der Waals surface area contributed by atoms with Crippen LogP contribution in [0, 0.1) is 5.92 Å². The van der Waals surface area contributed by atoms with Crippen molar-refractivity contribution in [3.8, 4) is 0 Å². The summed E-state index contributed by atoms with van der Waals surface area (Å²) in [5, 5.41) is 17.5. The lowest BCUT2D eigenvalue weighted by atomic mass is 10.2. The third-order valence-electron chi connectivity index (χ3n) is 1.87. The highest BCUT2D eigenvalue weighted by Crippen LogP contribution is 2.05. The summed E-state index contributed by atoms with van der Waals surface area (Å²) in [6.07, 6.45) is -0.945. The Labute approximate surface area is 70.5 Å². The fourth-order valence-corrected chi connectivity index (χ4v) is 1.16. The molecule has 5 heteroatoms. The molecule has 1 heterocycles. The van der Waals surface area contributed by atoms with Gasteiger partial charge in [-0.05, 0) is 0 Å². The number of aliphatic hydroxyl groups excluding tert-OH is 1. The first-order valence-electron chi connectivity index (χ1n) is 3.90. The van der Waals surface area contributed by atoms with Gasteiger partial charge in [0.25, 0.3) is 0 Å². The first kappa shape index (κ1) is 9.28. The number of carboxylic acid groups (broad SMARTS) is 1. The largest absolute Gasteiger partial charge is 0.465 e. The van der Waals surface area contributed by atoms with Crippen molar-refractivity contribution in [2.45, 2.75) is 0 Å². The smallest absolute Gasteiger partial charge is 0.407 e. The first-order valence-corrected chi connectivity index (χ1v) is 3.90. The molecule has 1 aliphatic heterocycles. The van der Waals surface area contributed by atoms with Gasteiger partial charge in [0.1, 0.15) is 0 Å². The Hall–Kier alpha value is -0.810. The van der Waals surface area contributed by atoms with Crippen LogP contribution in [0.25, 0.3) is 0 Å². The summed E-state index contributed by atoms with van der Waals surface area (Å²) < 4.78 is 5.11. The zero-order valence-corrected chi connectivity index (χ0v) is 6.77. The van der Waals surface area contributed by atoms with E-state index in [2.05, 4.69) is 0 Å². The zero-order chi connectivity index (χ0) is 8.97. The molecule has 0 bridgehead atoms. The maximum absolute atomic E-state index is 10.6. The molecule has 1 aliphatic rings. The van der Waals surface area contributed by atoms with Gasteiger partial charge >= 0.3 is 6.09 Å². The van der Waals surface area contributed by atoms with Crippen molar-refractivity contribution in [2.75, 3.05) is 32.9 Å². The van der Waals surface area contributed by atoms with Gasteiger partial charge in [0.15, 0.2) is 0 Å². The van der Waals surface area contributed by atoms with Crippen LogP contribution in [0.1, 0.15) is 0 Å². The van der Waals surface area contributed by atoms with Crippen molar-refractivity contribution in [1.82, 2.24) is 4.90 Å². The summed E-state index contributed by atoms with van der Waals surface area (Å²) in [6, 6.07) is 0. The summed E-state index contributed by atoms with van der Waals surface area (Å²) in [6.45, 7) is 1.60. The molecule has 0 aromatic rings. The minimum atomic E-state index is -0.945. The van der Waals surface area contributed by atoms with Crippen LogP contribution in [-0.4, -0.2) is 54.1 Å². The molecule has 12 heavy (non-hydrogen) atoms. The Morgan fingerprint density at radius 2 is 2.42 bits per heavy atom. The first-order chi connectivity index (χ1) is 5.74. The monoisotopic (exact) mass is 175 g/mol. The molecule has 1 unspecified atom stereocenters. The second-order valence-electron chi connectivity index (χ2n) is 2.85. The van der Waals surface area contributed by atoms with E-state index in [1.807, 2.05) is 0 Å². The van der Waals surface area contributed by atoms with Crippen molar-refractivity contribution < 1.29 is 19.7 Å². The number of nitrogens with zero attached hydrogens (tertiary/aromatic N) is 1. The van der Waals surface area contributed by atoms with Gasteiger partial charge in [-0.2, -0.15) is 0 Å². The average molecular weight is 175 g/mol. The maximum Gasteiger partial charge on any atom is 0.407 e. The van der Waals surface area contributed by atoms with Crippen molar-refractivity contribution in [1.29, 1.82) is 0 Å². The third kappa shape index (κ3) is 2.35. The fourth-order valence-electron chi connectivity index (χ4n) is 1.16. The fraction of sp³-hybridized carbons (Fsp3) is 0.857. The number of ether oxygens (including phenoxy) is 1. The maximum atomic E-state index is 10.6. The lowest BCUT2D eigenvalue weighted by molar-refractivity contribution is 0.0958. The highest BCUT2D eigenvalue weighted by molar-refractivity contribution is 5.64. The Balaban J connectivity index is 2.47. The molecular weight excluding hydrogens is 162 g/mol. The molecule has 0 saturated carbocycles. The van der Waals surface area contributed by atoms with Crippen LogP contribution in [0.15, 0.2) is 0 Å². The molecule has 1 rings (SSSR count). The van der Waals surface area contributed by atoms with E-state index < -0.39 is 6.09 Å². The second-order valence-corrected chi connectivity index (χ2v) is 2.85. The van der Waals surface area contributed by atoms with Crippen molar-refractivity contribution >= 4 is 6.09 Å². The van der Waals surface area contributed by atoms with E-state index in [4.69, 9.17) is 14.9 Å². The summed E-state index contributed by atoms with van der Waals surface area (Å²) >= 11 is 0. The predicted molar refractivity (Wildman–Crippen MR) is 41.0 cm³/mol. The summed E-state index contributed by atoms with van der Waals surface area (Å²) in [4.78, 5) is 11.8. The molecule has 5 nitrogen and oxygen atoms in total. The zero-order valence-electron chi connectivity index (χ0n) is 6.77. The minimum Gasteiger partial charge on any atom is -0.465 e. The van der Waals surface area contributed by atoms with Crippen LogP contribution < -0.4 is 0 Å². The lowest BCUT2D eigenvalue weighted by Crippen LogP contribution is -2.35. The van der Waals surface area contributed by atoms with Gasteiger partial charge in [0.05, 0.1) is 13.2 Å². The molecule has 0 aromatic carbocycles. The van der Waals surface area contributed by atoms with E-state index in [-0.39, 0.29) is 12.5 Å². The average Bonchev–Trinajstić information content (AvgIpc) is 2.28. The normalized spacial score (nSPS) is 25.1. The quantitative estimate of drug-likeness (QED) is 0.569. The van der Waals surface area contributed by atoms with Gasteiger partial charge in [0, 0.05) is 25.6 Å². The topological polar surface area (TPSA) is 70.0 Å². The molecule has 2 N–H and O–H groups in total. The Bertz CT molecular complexity index is 161. The standard InChI is InChI=1S/C7H13NO4/c9-4-6-3-8(7(10)11)1-2-12-5-6/h6,9H,1-5H2,(H,10,11). The van der Waals surface area contributed by atoms with E-state index in [9.17, 15) is 4.79 Å². The van der Waals surface area contributed by atoms with Crippen LogP contribution in [0.3, 0.4) is 0 Å². The van der Waals surface area contributed by atoms with Gasteiger partial charge in [-0.25, -0.2) is 4.79 Å². The number of amides is 1. The van der Waals surface area contributed by atoms with Gasteiger partial charge < -0.3 is 19.8 Å². The number of carbonyl (C=O) groups is 1. The molecule has 0 spiro atoms. The Kier molecular flexibility index (Phi) is 3.31. The van der Waals surface area contributed by atoms with E-state index in [0.29, 0.717) is 26.3 Å². The molecule has 1 amide bonds. The van der Waals surface area contributed by atoms with Crippen molar-refractivity contribution in [2.24, 2.45) is 5.92 Å². The van der Waals surface area contributed by atoms with Gasteiger partial charge in [-0.15, -0.1) is 0 Å². The number of aliphatic hydroxyl groups is 1. The van der Waals surface area contributed by atoms with Gasteiger partial charge in [0.2, 0.25) is 0 Å². The lowest BCUT2D eigenvalue weighted by Gasteiger charge is -2.18. The minimum absolute atomic E-state index is 0.0240. The molecule has 70 valence electrons. The summed E-state index contributed by atoms with van der Waals surface area (Å²) in [5.74, 6) is -0.0800. The Morgan fingerprint density at radius 3 is 3.00 bits per heavy atom. The molecule has 0 aliphatic carbocycles. The van der Waals surface area contributed by atoms with E-state index >= 15 is 0 Å². The summed E-state index contributed by atoms with van der Waals surface area (Å²) in [7, 11) is 0. The van der Waals surface area contributed by atoms with Crippen LogP contribution in [0.5, 0.6) is 0 Å². The number of hydrogen-bond acceptors (Lipinski definition) is 3. The number of rotatable bonds is 1. The van der Waals surface area contributed by atoms with Crippen LogP contribution in [0.4, 0.5) is 4.79 Å². The molecule has 0 radical (unpaired) electrons. The van der Waals surface area contributed by atoms with Crippen LogP contribution in [-0.2, 0) is 4.74 Å². The molecular formula is C7H13NO4. The Morgan fingerprint density at radius 1 is 1.67 bits per heavy atom. The summed E-state index contributed by atoms with van der Waals surface area (Å²) in [5.41, 5.74) is 0. The number of hydrogen-bond donors (Lipinski definition) is 2. The third-order valence-corrected chi connectivity index (χ3v) is 1.87. The van der Waals surface area contributed by atoms with Crippen LogP contribution in [0.2, 0.25) is 0 Å². The highest BCUT2D eigenvalue weighted by atomic mass is 16.5. The van der Waals surface area contributed by atoms with E-state index in [0.717, 1.165) is 0 Å². The highest BCUT2D eigenvalue weighted by Gasteiger charge is 2.20. The molecule has 0 aromatic heterocycles. The molecule has 1 fully saturated rings. The van der Waals surface area contributed by atoms with Crippen molar-refractivity contribution in [3.05, 3.63) is 0 Å². The van der Waals surface area contributed by atoms with Crippen molar-refractivity contribution in [3.63, 3.8) is 0 Å².